The van der Waals surface area contributed by atoms with Gasteiger partial charge in [-0.2, -0.15) is 0 Å². The van der Waals surface area contributed by atoms with Crippen LogP contribution in [0.3, 0.4) is 0 Å². The normalized spacial score (nSPS) is 13.2. The molecule has 158 valence electrons. The molecule has 0 bridgehead atoms. The Kier molecular flexibility index (Phi) is 7.20. The number of hydrogen-bond acceptors (Lipinski definition) is 6. The third-order valence-electron chi connectivity index (χ3n) is 4.60. The fourth-order valence-corrected chi connectivity index (χ4v) is 3.27. The lowest BCUT2D eigenvalue weighted by molar-refractivity contribution is 0.00750. The summed E-state index contributed by atoms with van der Waals surface area (Å²) in [6.07, 6.45) is 0.265. The molecule has 0 aliphatic carbocycles. The number of ether oxygens (including phenoxy) is 1. The summed E-state index contributed by atoms with van der Waals surface area (Å²) >= 11 is 12.3. The minimum Gasteiger partial charge on any atom is -0.396 e. The summed E-state index contributed by atoms with van der Waals surface area (Å²) in [6, 6.07) is 11.5. The Hall–Kier alpha value is -2.32. The van der Waals surface area contributed by atoms with Gasteiger partial charge in [0.15, 0.2) is 11.6 Å². The largest absolute Gasteiger partial charge is 0.396 e. The van der Waals surface area contributed by atoms with Crippen LogP contribution < -0.4 is 5.73 Å². The summed E-state index contributed by atoms with van der Waals surface area (Å²) in [5.74, 6) is 0.163. The van der Waals surface area contributed by atoms with Crippen LogP contribution in [0, 0.1) is 11.2 Å². The topological polar surface area (TPSA) is 94.2 Å². The highest BCUT2D eigenvalue weighted by atomic mass is 35.5. The van der Waals surface area contributed by atoms with Crippen LogP contribution >= 0.6 is 23.2 Å². The second kappa shape index (κ2) is 9.66. The van der Waals surface area contributed by atoms with E-state index in [1.807, 2.05) is 6.92 Å². The van der Waals surface area contributed by atoms with Crippen LogP contribution in [0.15, 0.2) is 42.5 Å². The maximum absolute atomic E-state index is 13.7. The summed E-state index contributed by atoms with van der Waals surface area (Å²) in [6.45, 7) is 1.89. The molecule has 30 heavy (non-hydrogen) atoms. The molecule has 2 aromatic carbocycles. The van der Waals surface area contributed by atoms with Crippen molar-refractivity contribution in [3.05, 3.63) is 69.7 Å². The highest BCUT2D eigenvalue weighted by molar-refractivity contribution is 6.43. The molecule has 0 spiro atoms. The minimum absolute atomic E-state index is 0.0930. The highest BCUT2D eigenvalue weighted by Gasteiger charge is 2.27. The molecule has 1 aromatic heterocycles. The summed E-state index contributed by atoms with van der Waals surface area (Å²) in [5.41, 5.74) is 6.68. The summed E-state index contributed by atoms with van der Waals surface area (Å²) in [4.78, 5) is 4.31. The molecule has 3 aromatic rings. The molecular formula is C21H21Cl2FN4O2. The van der Waals surface area contributed by atoms with Gasteiger partial charge in [-0.05, 0) is 12.1 Å². The first-order valence-corrected chi connectivity index (χ1v) is 9.94. The maximum atomic E-state index is 13.7. The number of aliphatic hydroxyl groups is 1. The first kappa shape index (κ1) is 22.4. The number of aromatic nitrogens is 3. The zero-order valence-corrected chi connectivity index (χ0v) is 17.8. The van der Waals surface area contributed by atoms with Crippen molar-refractivity contribution in [2.45, 2.75) is 20.0 Å². The lowest BCUT2D eigenvalue weighted by Crippen LogP contribution is -2.31. The van der Waals surface area contributed by atoms with Crippen LogP contribution in [0.2, 0.25) is 10.0 Å². The number of benzene rings is 2. The first-order chi connectivity index (χ1) is 14.3. The SMILES string of the molecule is CC(CO)(COCc1ccccc1F)Cc1nnc(-c2cccc(Cl)c2Cl)c(N)n1. The van der Waals surface area contributed by atoms with Gasteiger partial charge < -0.3 is 15.6 Å². The lowest BCUT2D eigenvalue weighted by Gasteiger charge is -2.26. The Morgan fingerprint density at radius 3 is 2.60 bits per heavy atom. The van der Waals surface area contributed by atoms with Crippen LogP contribution in [0.1, 0.15) is 18.3 Å². The molecule has 3 rings (SSSR count). The minimum atomic E-state index is -0.700. The van der Waals surface area contributed by atoms with Gasteiger partial charge in [0, 0.05) is 23.0 Å². The Labute approximate surface area is 183 Å². The van der Waals surface area contributed by atoms with Gasteiger partial charge in [0.25, 0.3) is 0 Å². The molecule has 1 unspecified atom stereocenters. The van der Waals surface area contributed by atoms with Crippen LogP contribution in [-0.4, -0.2) is 33.5 Å². The van der Waals surface area contributed by atoms with E-state index in [9.17, 15) is 9.50 Å². The van der Waals surface area contributed by atoms with E-state index in [4.69, 9.17) is 33.7 Å². The predicted molar refractivity (Wildman–Crippen MR) is 115 cm³/mol. The van der Waals surface area contributed by atoms with Crippen molar-refractivity contribution in [3.8, 4) is 11.3 Å². The lowest BCUT2D eigenvalue weighted by atomic mass is 9.88. The number of hydrogen-bond donors (Lipinski definition) is 2. The van der Waals surface area contributed by atoms with Crippen molar-refractivity contribution >= 4 is 29.0 Å². The van der Waals surface area contributed by atoms with Gasteiger partial charge in [0.2, 0.25) is 0 Å². The van der Waals surface area contributed by atoms with Crippen molar-refractivity contribution in [1.29, 1.82) is 0 Å². The van der Waals surface area contributed by atoms with E-state index < -0.39 is 5.41 Å². The van der Waals surface area contributed by atoms with Crippen LogP contribution in [0.5, 0.6) is 0 Å². The molecule has 0 saturated heterocycles. The van der Waals surface area contributed by atoms with Crippen molar-refractivity contribution in [2.75, 3.05) is 18.9 Å². The standard InChI is InChI=1S/C21H21Cl2FN4O2/c1-21(11-29,12-30-10-13-5-2-3-8-16(13)24)9-17-26-20(25)19(28-27-17)14-6-4-7-15(22)18(14)23/h2-8,29H,9-12H2,1H3,(H2,25,26,27). The van der Waals surface area contributed by atoms with Crippen molar-refractivity contribution in [3.63, 3.8) is 0 Å². The second-order valence-corrected chi connectivity index (χ2v) is 8.08. The molecule has 0 aliphatic rings. The third-order valence-corrected chi connectivity index (χ3v) is 5.42. The number of nitrogen functional groups attached to an aromatic ring is 1. The molecular weight excluding hydrogens is 430 g/mol. The monoisotopic (exact) mass is 450 g/mol. The molecule has 3 N–H and O–H groups in total. The van der Waals surface area contributed by atoms with Gasteiger partial charge in [-0.3, -0.25) is 0 Å². The number of nitrogens with zero attached hydrogens (tertiary/aromatic N) is 3. The first-order valence-electron chi connectivity index (χ1n) is 9.18. The quantitative estimate of drug-likeness (QED) is 0.530. The molecule has 0 saturated carbocycles. The summed E-state index contributed by atoms with van der Waals surface area (Å²) < 4.78 is 19.4. The Balaban J connectivity index is 1.71. The maximum Gasteiger partial charge on any atom is 0.154 e. The fourth-order valence-electron chi connectivity index (χ4n) is 2.88. The molecule has 0 radical (unpaired) electrons. The summed E-state index contributed by atoms with van der Waals surface area (Å²) in [5, 5.41) is 18.9. The molecule has 0 fully saturated rings. The van der Waals surface area contributed by atoms with E-state index in [0.717, 1.165) is 0 Å². The molecule has 1 heterocycles. The second-order valence-electron chi connectivity index (χ2n) is 7.29. The van der Waals surface area contributed by atoms with Gasteiger partial charge in [-0.1, -0.05) is 60.5 Å². The zero-order chi connectivity index (χ0) is 21.7. The van der Waals surface area contributed by atoms with Crippen molar-refractivity contribution < 1.29 is 14.2 Å². The Bertz CT molecular complexity index is 1040. The van der Waals surface area contributed by atoms with Gasteiger partial charge in [-0.25, -0.2) is 9.37 Å². The van der Waals surface area contributed by atoms with Gasteiger partial charge >= 0.3 is 0 Å². The predicted octanol–water partition coefficient (Wildman–Crippen LogP) is 4.32. The van der Waals surface area contributed by atoms with Gasteiger partial charge in [0.1, 0.15) is 11.5 Å². The third kappa shape index (κ3) is 5.23. The molecule has 6 nitrogen and oxygen atoms in total. The number of anilines is 1. The fraction of sp³-hybridized carbons (Fsp3) is 0.286. The van der Waals surface area contributed by atoms with E-state index in [-0.39, 0.29) is 37.9 Å². The number of nitrogens with two attached hydrogens (primary N) is 1. The zero-order valence-electron chi connectivity index (χ0n) is 16.3. The Morgan fingerprint density at radius 2 is 1.90 bits per heavy atom. The number of aliphatic hydroxyl groups excluding tert-OH is 1. The van der Waals surface area contributed by atoms with Crippen molar-refractivity contribution in [2.24, 2.45) is 5.41 Å². The van der Waals surface area contributed by atoms with E-state index in [0.29, 0.717) is 32.7 Å². The molecule has 0 aliphatic heterocycles. The van der Waals surface area contributed by atoms with E-state index in [2.05, 4.69) is 15.2 Å². The Morgan fingerprint density at radius 1 is 1.13 bits per heavy atom. The summed E-state index contributed by atoms with van der Waals surface area (Å²) in [7, 11) is 0. The number of rotatable bonds is 8. The average molecular weight is 451 g/mol. The van der Waals surface area contributed by atoms with E-state index in [1.54, 1.807) is 36.4 Å². The van der Waals surface area contributed by atoms with Gasteiger partial charge in [-0.15, -0.1) is 10.2 Å². The van der Waals surface area contributed by atoms with E-state index >= 15 is 0 Å². The van der Waals surface area contributed by atoms with Crippen LogP contribution in [-0.2, 0) is 17.8 Å². The average Bonchev–Trinajstić information content (AvgIpc) is 2.72. The van der Waals surface area contributed by atoms with Crippen LogP contribution in [0.25, 0.3) is 11.3 Å². The molecule has 9 heteroatoms. The number of halogens is 3. The van der Waals surface area contributed by atoms with E-state index in [1.165, 1.54) is 6.07 Å². The van der Waals surface area contributed by atoms with Gasteiger partial charge in [0.05, 0.1) is 29.9 Å². The molecule has 0 amide bonds. The van der Waals surface area contributed by atoms with Crippen LogP contribution in [0.4, 0.5) is 10.2 Å². The molecule has 1 atom stereocenters. The highest BCUT2D eigenvalue weighted by Crippen LogP contribution is 2.34. The van der Waals surface area contributed by atoms with Crippen molar-refractivity contribution in [1.82, 2.24) is 15.2 Å². The smallest absolute Gasteiger partial charge is 0.154 e.